The Morgan fingerprint density at radius 3 is 2.83 bits per heavy atom. The summed E-state index contributed by atoms with van der Waals surface area (Å²) in [6.45, 7) is 2.08. The number of nitrogens with zero attached hydrogens (tertiary/aromatic N) is 1. The molecule has 1 aliphatic carbocycles. The van der Waals surface area contributed by atoms with E-state index in [1.807, 2.05) is 6.07 Å². The molecule has 1 saturated carbocycles. The maximum Gasteiger partial charge on any atom is 0.201 e. The Bertz CT molecular complexity index is 541. The molecule has 96 valence electrons. The van der Waals surface area contributed by atoms with Crippen molar-refractivity contribution in [1.29, 1.82) is 0 Å². The molecule has 0 saturated heterocycles. The van der Waals surface area contributed by atoms with Gasteiger partial charge in [0.25, 0.3) is 0 Å². The van der Waals surface area contributed by atoms with Gasteiger partial charge in [-0.1, -0.05) is 6.07 Å². The van der Waals surface area contributed by atoms with E-state index < -0.39 is 0 Å². The van der Waals surface area contributed by atoms with E-state index in [0.717, 1.165) is 42.7 Å². The standard InChI is InChI=1S/C14H19N3O/c1-9-2-7-12-13(8-9)17-14(16-12)15-10-3-5-11(18)6-4-10/h2,7-8,10-11,18H,3-6H2,1H3,(H2,15,16,17). The van der Waals surface area contributed by atoms with Crippen molar-refractivity contribution in [3.05, 3.63) is 23.8 Å². The summed E-state index contributed by atoms with van der Waals surface area (Å²) < 4.78 is 0. The fourth-order valence-electron chi connectivity index (χ4n) is 2.61. The minimum absolute atomic E-state index is 0.110. The van der Waals surface area contributed by atoms with Gasteiger partial charge in [0, 0.05) is 6.04 Å². The third kappa shape index (κ3) is 2.34. The number of benzene rings is 1. The molecule has 4 heteroatoms. The Hall–Kier alpha value is -1.55. The highest BCUT2D eigenvalue weighted by Gasteiger charge is 2.19. The molecule has 1 fully saturated rings. The molecule has 18 heavy (non-hydrogen) atoms. The molecule has 0 spiro atoms. The van der Waals surface area contributed by atoms with Gasteiger partial charge in [0.05, 0.1) is 17.1 Å². The van der Waals surface area contributed by atoms with Crippen LogP contribution in [-0.4, -0.2) is 27.2 Å². The van der Waals surface area contributed by atoms with E-state index in [2.05, 4.69) is 34.3 Å². The Balaban J connectivity index is 1.74. The summed E-state index contributed by atoms with van der Waals surface area (Å²) in [4.78, 5) is 7.85. The second-order valence-electron chi connectivity index (χ2n) is 5.26. The molecule has 0 aliphatic heterocycles. The molecule has 0 unspecified atom stereocenters. The number of aromatic nitrogens is 2. The van der Waals surface area contributed by atoms with Gasteiger partial charge in [0.2, 0.25) is 5.95 Å². The van der Waals surface area contributed by atoms with Crippen molar-refractivity contribution in [2.24, 2.45) is 0 Å². The van der Waals surface area contributed by atoms with E-state index in [0.29, 0.717) is 6.04 Å². The molecule has 0 atom stereocenters. The van der Waals surface area contributed by atoms with Crippen LogP contribution in [0.5, 0.6) is 0 Å². The number of aromatic amines is 1. The van der Waals surface area contributed by atoms with Crippen LogP contribution >= 0.6 is 0 Å². The van der Waals surface area contributed by atoms with E-state index in [1.54, 1.807) is 0 Å². The van der Waals surface area contributed by atoms with Crippen LogP contribution in [0.15, 0.2) is 18.2 Å². The Morgan fingerprint density at radius 1 is 1.28 bits per heavy atom. The van der Waals surface area contributed by atoms with Gasteiger partial charge in [-0.15, -0.1) is 0 Å². The Labute approximate surface area is 106 Å². The van der Waals surface area contributed by atoms with E-state index in [1.165, 1.54) is 5.56 Å². The lowest BCUT2D eigenvalue weighted by molar-refractivity contribution is 0.126. The second-order valence-corrected chi connectivity index (χ2v) is 5.26. The molecule has 1 aromatic carbocycles. The molecule has 1 aromatic heterocycles. The zero-order valence-corrected chi connectivity index (χ0v) is 10.6. The van der Waals surface area contributed by atoms with Gasteiger partial charge >= 0.3 is 0 Å². The van der Waals surface area contributed by atoms with Crippen LogP contribution in [0.4, 0.5) is 5.95 Å². The molecule has 4 nitrogen and oxygen atoms in total. The molecule has 0 amide bonds. The highest BCUT2D eigenvalue weighted by molar-refractivity contribution is 5.78. The van der Waals surface area contributed by atoms with Crippen LogP contribution < -0.4 is 5.32 Å². The average molecular weight is 245 g/mol. The lowest BCUT2D eigenvalue weighted by Gasteiger charge is -2.25. The van der Waals surface area contributed by atoms with Crippen LogP contribution in [0.25, 0.3) is 11.0 Å². The van der Waals surface area contributed by atoms with Gasteiger partial charge in [-0.25, -0.2) is 4.98 Å². The number of H-pyrrole nitrogens is 1. The molecule has 3 rings (SSSR count). The Morgan fingerprint density at radius 2 is 2.06 bits per heavy atom. The third-order valence-corrected chi connectivity index (χ3v) is 3.67. The van der Waals surface area contributed by atoms with E-state index in [9.17, 15) is 5.11 Å². The second kappa shape index (κ2) is 4.61. The first-order chi connectivity index (χ1) is 8.70. The molecule has 3 N–H and O–H groups in total. The van der Waals surface area contributed by atoms with E-state index in [4.69, 9.17) is 0 Å². The monoisotopic (exact) mass is 245 g/mol. The van der Waals surface area contributed by atoms with Crippen molar-refractivity contribution < 1.29 is 5.11 Å². The summed E-state index contributed by atoms with van der Waals surface area (Å²) in [6.07, 6.45) is 3.68. The van der Waals surface area contributed by atoms with Gasteiger partial charge in [0.1, 0.15) is 0 Å². The fourth-order valence-corrected chi connectivity index (χ4v) is 2.61. The van der Waals surface area contributed by atoms with Gasteiger partial charge in [-0.3, -0.25) is 0 Å². The van der Waals surface area contributed by atoms with Crippen molar-refractivity contribution in [3.63, 3.8) is 0 Å². The zero-order valence-electron chi connectivity index (χ0n) is 10.6. The van der Waals surface area contributed by atoms with Crippen molar-refractivity contribution in [3.8, 4) is 0 Å². The molecule has 2 aromatic rings. The minimum Gasteiger partial charge on any atom is -0.393 e. The predicted octanol–water partition coefficient (Wildman–Crippen LogP) is 2.59. The number of aliphatic hydroxyl groups excluding tert-OH is 1. The van der Waals surface area contributed by atoms with Crippen molar-refractivity contribution in [1.82, 2.24) is 9.97 Å². The minimum atomic E-state index is -0.110. The van der Waals surface area contributed by atoms with Gasteiger partial charge < -0.3 is 15.4 Å². The highest BCUT2D eigenvalue weighted by Crippen LogP contribution is 2.22. The summed E-state index contributed by atoms with van der Waals surface area (Å²) in [5, 5.41) is 12.9. The number of nitrogens with one attached hydrogen (secondary N) is 2. The Kier molecular flexibility index (Phi) is 2.96. The summed E-state index contributed by atoms with van der Waals surface area (Å²) in [7, 11) is 0. The summed E-state index contributed by atoms with van der Waals surface area (Å²) in [5.74, 6) is 0.844. The van der Waals surface area contributed by atoms with Gasteiger partial charge in [-0.05, 0) is 50.3 Å². The van der Waals surface area contributed by atoms with Crippen molar-refractivity contribution in [2.75, 3.05) is 5.32 Å². The number of aliphatic hydroxyl groups is 1. The predicted molar refractivity (Wildman–Crippen MR) is 72.7 cm³/mol. The fraction of sp³-hybridized carbons (Fsp3) is 0.500. The van der Waals surface area contributed by atoms with Crippen LogP contribution in [-0.2, 0) is 0 Å². The van der Waals surface area contributed by atoms with Crippen LogP contribution in [0.3, 0.4) is 0 Å². The van der Waals surface area contributed by atoms with E-state index in [-0.39, 0.29) is 6.10 Å². The van der Waals surface area contributed by atoms with Gasteiger partial charge in [0.15, 0.2) is 0 Å². The number of aryl methyl sites for hydroxylation is 1. The van der Waals surface area contributed by atoms with E-state index >= 15 is 0 Å². The topological polar surface area (TPSA) is 60.9 Å². The lowest BCUT2D eigenvalue weighted by atomic mass is 9.93. The molecule has 0 bridgehead atoms. The average Bonchev–Trinajstić information content (AvgIpc) is 2.73. The van der Waals surface area contributed by atoms with Crippen LogP contribution in [0.2, 0.25) is 0 Å². The summed E-state index contributed by atoms with van der Waals surface area (Å²) in [5.41, 5.74) is 3.31. The molecular formula is C14H19N3O. The first-order valence-corrected chi connectivity index (χ1v) is 6.62. The zero-order chi connectivity index (χ0) is 12.5. The number of anilines is 1. The molecular weight excluding hydrogens is 226 g/mol. The maximum absolute atomic E-state index is 9.49. The molecule has 1 aliphatic rings. The number of rotatable bonds is 2. The van der Waals surface area contributed by atoms with Gasteiger partial charge in [-0.2, -0.15) is 0 Å². The highest BCUT2D eigenvalue weighted by atomic mass is 16.3. The maximum atomic E-state index is 9.49. The third-order valence-electron chi connectivity index (χ3n) is 3.67. The smallest absolute Gasteiger partial charge is 0.201 e. The number of hydrogen-bond donors (Lipinski definition) is 3. The number of imidazole rings is 1. The number of fused-ring (bicyclic) bond motifs is 1. The van der Waals surface area contributed by atoms with Crippen LogP contribution in [0, 0.1) is 6.92 Å². The SMILES string of the molecule is Cc1ccc2nc(NC3CCC(O)CC3)[nH]c2c1. The quantitative estimate of drug-likeness (QED) is 0.762. The molecule has 0 radical (unpaired) electrons. The first-order valence-electron chi connectivity index (χ1n) is 6.62. The van der Waals surface area contributed by atoms with Crippen molar-refractivity contribution >= 4 is 17.0 Å². The largest absolute Gasteiger partial charge is 0.393 e. The molecule has 1 heterocycles. The summed E-state index contributed by atoms with van der Waals surface area (Å²) >= 11 is 0. The normalized spacial score (nSPS) is 24.3. The van der Waals surface area contributed by atoms with Crippen molar-refractivity contribution in [2.45, 2.75) is 44.8 Å². The van der Waals surface area contributed by atoms with Crippen LogP contribution in [0.1, 0.15) is 31.2 Å². The first kappa shape index (κ1) is 11.5. The number of hydrogen-bond acceptors (Lipinski definition) is 3. The lowest BCUT2D eigenvalue weighted by Crippen LogP contribution is -2.28. The summed E-state index contributed by atoms with van der Waals surface area (Å²) in [6, 6.07) is 6.65.